The molecule has 0 spiro atoms. The summed E-state index contributed by atoms with van der Waals surface area (Å²) in [6, 6.07) is 10.8. The van der Waals surface area contributed by atoms with E-state index in [0.717, 1.165) is 11.1 Å². The number of ether oxygens (including phenoxy) is 3. The van der Waals surface area contributed by atoms with Crippen molar-refractivity contribution in [3.8, 4) is 17.2 Å². The van der Waals surface area contributed by atoms with Crippen LogP contribution in [0.25, 0.3) is 0 Å². The summed E-state index contributed by atoms with van der Waals surface area (Å²) in [5.74, 6) is 0.961. The number of methoxy groups -OCH3 is 2. The van der Waals surface area contributed by atoms with Gasteiger partial charge in [0, 0.05) is 5.92 Å². The van der Waals surface area contributed by atoms with Gasteiger partial charge in [0.25, 0.3) is 0 Å². The number of phenolic OH excluding ortho intramolecular Hbond substituents is 1. The van der Waals surface area contributed by atoms with Crippen LogP contribution in [0.4, 0.5) is 5.69 Å². The number of nitrogens with two attached hydrogens (primary N) is 1. The van der Waals surface area contributed by atoms with E-state index in [-0.39, 0.29) is 23.6 Å². The van der Waals surface area contributed by atoms with Gasteiger partial charge in [0.1, 0.15) is 5.75 Å². The summed E-state index contributed by atoms with van der Waals surface area (Å²) in [5, 5.41) is 9.78. The average Bonchev–Trinajstić information content (AvgIpc) is 2.98. The second kappa shape index (κ2) is 7.56. The monoisotopic (exact) mass is 357 g/mol. The molecule has 138 valence electrons. The fourth-order valence-electron chi connectivity index (χ4n) is 3.34. The Kier molecular flexibility index (Phi) is 5.21. The van der Waals surface area contributed by atoms with Crippen LogP contribution in [-0.2, 0) is 22.4 Å². The first kappa shape index (κ1) is 17.9. The summed E-state index contributed by atoms with van der Waals surface area (Å²) in [5.41, 5.74) is 7.88. The van der Waals surface area contributed by atoms with Crippen molar-refractivity contribution in [1.29, 1.82) is 0 Å². The Morgan fingerprint density at radius 3 is 2.46 bits per heavy atom. The van der Waals surface area contributed by atoms with E-state index in [9.17, 15) is 9.90 Å². The average molecular weight is 357 g/mol. The number of carbonyl (C=O) groups is 1. The zero-order valence-corrected chi connectivity index (χ0v) is 14.9. The molecule has 1 saturated heterocycles. The first-order valence-corrected chi connectivity index (χ1v) is 8.46. The van der Waals surface area contributed by atoms with E-state index < -0.39 is 0 Å². The smallest absolute Gasteiger partial charge is 0.309 e. The Morgan fingerprint density at radius 2 is 1.77 bits per heavy atom. The van der Waals surface area contributed by atoms with Gasteiger partial charge in [-0.25, -0.2) is 0 Å². The van der Waals surface area contributed by atoms with Gasteiger partial charge in [0.15, 0.2) is 11.5 Å². The number of benzene rings is 2. The fourth-order valence-corrected chi connectivity index (χ4v) is 3.34. The maximum atomic E-state index is 12.2. The zero-order valence-electron chi connectivity index (χ0n) is 14.9. The van der Waals surface area contributed by atoms with Crippen molar-refractivity contribution >= 4 is 11.7 Å². The van der Waals surface area contributed by atoms with E-state index in [2.05, 4.69) is 0 Å². The molecule has 0 bridgehead atoms. The Hall–Kier alpha value is -2.89. The Bertz CT molecular complexity index is 805. The third-order valence-electron chi connectivity index (χ3n) is 4.81. The Balaban J connectivity index is 1.76. The van der Waals surface area contributed by atoms with Gasteiger partial charge >= 0.3 is 5.97 Å². The van der Waals surface area contributed by atoms with Crippen molar-refractivity contribution in [3.63, 3.8) is 0 Å². The third-order valence-corrected chi connectivity index (χ3v) is 4.81. The van der Waals surface area contributed by atoms with Crippen LogP contribution in [0.2, 0.25) is 0 Å². The summed E-state index contributed by atoms with van der Waals surface area (Å²) < 4.78 is 15.9. The lowest BCUT2D eigenvalue weighted by molar-refractivity contribution is -0.141. The molecule has 6 heteroatoms. The van der Waals surface area contributed by atoms with Gasteiger partial charge in [-0.2, -0.15) is 0 Å². The van der Waals surface area contributed by atoms with Crippen LogP contribution in [0.3, 0.4) is 0 Å². The Labute approximate surface area is 152 Å². The van der Waals surface area contributed by atoms with Gasteiger partial charge in [0.2, 0.25) is 0 Å². The molecular weight excluding hydrogens is 334 g/mol. The minimum Gasteiger partial charge on any atom is -0.506 e. The number of carbonyl (C=O) groups excluding carboxylic acids is 1. The molecule has 0 aromatic heterocycles. The van der Waals surface area contributed by atoms with Crippen LogP contribution in [0.5, 0.6) is 17.2 Å². The number of aromatic hydroxyl groups is 1. The summed E-state index contributed by atoms with van der Waals surface area (Å²) in [6.45, 7) is 0.388. The number of esters is 1. The standard InChI is InChI=1S/C20H23NO5/c1-24-18-6-4-12(10-19(18)25-2)7-14-11-26-20(23)15(14)8-13-3-5-16(21)17(22)9-13/h3-6,9-10,14-15,22H,7-8,11,21H2,1-2H3/t14-,15+/m0/s1. The number of nitrogen functional groups attached to an aromatic ring is 1. The van der Waals surface area contributed by atoms with Gasteiger partial charge in [0.05, 0.1) is 32.4 Å². The molecule has 26 heavy (non-hydrogen) atoms. The first-order chi connectivity index (χ1) is 12.5. The lowest BCUT2D eigenvalue weighted by Crippen LogP contribution is -2.20. The molecule has 3 N–H and O–H groups in total. The summed E-state index contributed by atoms with van der Waals surface area (Å²) >= 11 is 0. The molecule has 1 aliphatic rings. The van der Waals surface area contributed by atoms with Crippen LogP contribution in [0, 0.1) is 11.8 Å². The van der Waals surface area contributed by atoms with E-state index >= 15 is 0 Å². The maximum Gasteiger partial charge on any atom is 0.309 e. The molecule has 1 fully saturated rings. The van der Waals surface area contributed by atoms with Crippen LogP contribution >= 0.6 is 0 Å². The lowest BCUT2D eigenvalue weighted by atomic mass is 9.85. The van der Waals surface area contributed by atoms with E-state index in [1.165, 1.54) is 0 Å². The van der Waals surface area contributed by atoms with Gasteiger partial charge < -0.3 is 25.1 Å². The zero-order chi connectivity index (χ0) is 18.7. The molecule has 0 saturated carbocycles. The lowest BCUT2D eigenvalue weighted by Gasteiger charge is -2.17. The van der Waals surface area contributed by atoms with Gasteiger partial charge in [-0.3, -0.25) is 4.79 Å². The SMILES string of the molecule is COc1ccc(C[C@H]2COC(=O)[C@@H]2Cc2ccc(N)c(O)c2)cc1OC. The number of cyclic esters (lactones) is 1. The molecule has 2 aromatic rings. The number of hydrogen-bond donors (Lipinski definition) is 2. The molecule has 0 radical (unpaired) electrons. The van der Waals surface area contributed by atoms with Crippen LogP contribution in [0.15, 0.2) is 36.4 Å². The van der Waals surface area contributed by atoms with E-state index in [1.807, 2.05) is 24.3 Å². The van der Waals surface area contributed by atoms with Crippen molar-refractivity contribution in [3.05, 3.63) is 47.5 Å². The quantitative estimate of drug-likeness (QED) is 0.469. The second-order valence-electron chi connectivity index (χ2n) is 6.49. The van der Waals surface area contributed by atoms with Gasteiger partial charge in [-0.05, 0) is 48.2 Å². The molecule has 0 aliphatic carbocycles. The van der Waals surface area contributed by atoms with E-state index in [1.54, 1.807) is 26.4 Å². The van der Waals surface area contributed by atoms with Crippen LogP contribution in [0.1, 0.15) is 11.1 Å². The Morgan fingerprint density at radius 1 is 1.08 bits per heavy atom. The molecule has 2 aromatic carbocycles. The van der Waals surface area contributed by atoms with Crippen molar-refractivity contribution in [1.82, 2.24) is 0 Å². The molecule has 0 unspecified atom stereocenters. The van der Waals surface area contributed by atoms with Crippen molar-refractivity contribution < 1.29 is 24.1 Å². The fraction of sp³-hybridized carbons (Fsp3) is 0.350. The van der Waals surface area contributed by atoms with Crippen LogP contribution < -0.4 is 15.2 Å². The van der Waals surface area contributed by atoms with Crippen LogP contribution in [-0.4, -0.2) is 31.9 Å². The summed E-state index contributed by atoms with van der Waals surface area (Å²) in [6.07, 6.45) is 1.20. The number of phenols is 1. The summed E-state index contributed by atoms with van der Waals surface area (Å²) in [4.78, 5) is 12.2. The second-order valence-corrected chi connectivity index (χ2v) is 6.49. The van der Waals surface area contributed by atoms with Crippen molar-refractivity contribution in [2.75, 3.05) is 26.6 Å². The highest BCUT2D eigenvalue weighted by Crippen LogP contribution is 2.33. The topological polar surface area (TPSA) is 91.0 Å². The third kappa shape index (κ3) is 3.69. The normalized spacial score (nSPS) is 19.2. The molecule has 1 aliphatic heterocycles. The highest BCUT2D eigenvalue weighted by Gasteiger charge is 2.37. The first-order valence-electron chi connectivity index (χ1n) is 8.46. The molecule has 3 rings (SSSR count). The number of rotatable bonds is 6. The highest BCUT2D eigenvalue weighted by molar-refractivity contribution is 5.75. The number of hydrogen-bond acceptors (Lipinski definition) is 6. The van der Waals surface area contributed by atoms with E-state index in [0.29, 0.717) is 36.6 Å². The van der Waals surface area contributed by atoms with Gasteiger partial charge in [-0.1, -0.05) is 12.1 Å². The molecular formula is C20H23NO5. The van der Waals surface area contributed by atoms with Crippen molar-refractivity contribution in [2.24, 2.45) is 11.8 Å². The predicted octanol–water partition coefficient (Wildman–Crippen LogP) is 2.57. The number of anilines is 1. The van der Waals surface area contributed by atoms with Gasteiger partial charge in [-0.15, -0.1) is 0 Å². The molecule has 1 heterocycles. The van der Waals surface area contributed by atoms with E-state index in [4.69, 9.17) is 19.9 Å². The molecule has 6 nitrogen and oxygen atoms in total. The largest absolute Gasteiger partial charge is 0.506 e. The summed E-state index contributed by atoms with van der Waals surface area (Å²) in [7, 11) is 3.19. The van der Waals surface area contributed by atoms with Crippen molar-refractivity contribution in [2.45, 2.75) is 12.8 Å². The maximum absolute atomic E-state index is 12.2. The molecule has 2 atom stereocenters. The highest BCUT2D eigenvalue weighted by atomic mass is 16.5. The predicted molar refractivity (Wildman–Crippen MR) is 97.4 cm³/mol. The molecule has 0 amide bonds. The minimum absolute atomic E-state index is 0.0327. The minimum atomic E-state index is -0.258.